The summed E-state index contributed by atoms with van der Waals surface area (Å²) in [6, 6.07) is 7.44. The van der Waals surface area contributed by atoms with Crippen molar-refractivity contribution in [2.75, 3.05) is 0 Å². The molecule has 0 aliphatic rings. The molecular formula is C12H10BrNO2S. The summed E-state index contributed by atoms with van der Waals surface area (Å²) in [5.74, 6) is 0.632. The van der Waals surface area contributed by atoms with Crippen LogP contribution in [0.4, 0.5) is 0 Å². The van der Waals surface area contributed by atoms with Crippen molar-refractivity contribution in [1.29, 1.82) is 0 Å². The molecule has 1 unspecified atom stereocenters. The van der Waals surface area contributed by atoms with Crippen molar-refractivity contribution in [1.82, 2.24) is 4.98 Å². The average Bonchev–Trinajstić information content (AvgIpc) is 2.28. The molecule has 5 heteroatoms. The zero-order valence-corrected chi connectivity index (χ0v) is 11.5. The largest absolute Gasteiger partial charge is 0.482 e. The number of thiol groups is 1. The van der Waals surface area contributed by atoms with E-state index in [1.165, 1.54) is 0 Å². The molecule has 0 bridgehead atoms. The number of aromatic nitrogens is 1. The van der Waals surface area contributed by atoms with Gasteiger partial charge >= 0.3 is 0 Å². The lowest BCUT2D eigenvalue weighted by Crippen LogP contribution is -2.18. The first-order valence-electron chi connectivity index (χ1n) is 5.01. The average molecular weight is 312 g/mol. The minimum Gasteiger partial charge on any atom is -0.482 e. The molecule has 0 radical (unpaired) electrons. The summed E-state index contributed by atoms with van der Waals surface area (Å²) in [7, 11) is 0. The van der Waals surface area contributed by atoms with E-state index in [1.807, 2.05) is 18.2 Å². The van der Waals surface area contributed by atoms with Gasteiger partial charge in [0.15, 0.2) is 6.10 Å². The van der Waals surface area contributed by atoms with Crippen LogP contribution in [0, 0.1) is 0 Å². The summed E-state index contributed by atoms with van der Waals surface area (Å²) in [6.45, 7) is 1.67. The number of fused-ring (bicyclic) bond motifs is 1. The number of pyridine rings is 1. The van der Waals surface area contributed by atoms with Gasteiger partial charge in [0.25, 0.3) is 0 Å². The predicted molar refractivity (Wildman–Crippen MR) is 73.5 cm³/mol. The molecule has 0 saturated heterocycles. The normalized spacial score (nSPS) is 12.4. The number of carbonyl (C=O) groups excluding carboxylic acids is 1. The maximum absolute atomic E-state index is 11.0. The zero-order chi connectivity index (χ0) is 12.4. The Kier molecular flexibility index (Phi) is 3.69. The van der Waals surface area contributed by atoms with Gasteiger partial charge in [0.1, 0.15) is 5.75 Å². The number of rotatable bonds is 3. The first-order valence-corrected chi connectivity index (χ1v) is 6.25. The van der Waals surface area contributed by atoms with Crippen molar-refractivity contribution >= 4 is 44.6 Å². The van der Waals surface area contributed by atoms with Crippen LogP contribution in [0.5, 0.6) is 5.75 Å². The molecule has 0 aliphatic carbocycles. The molecule has 3 nitrogen and oxygen atoms in total. The van der Waals surface area contributed by atoms with E-state index in [9.17, 15) is 4.79 Å². The highest BCUT2D eigenvalue weighted by atomic mass is 79.9. The second-order valence-electron chi connectivity index (χ2n) is 3.61. The van der Waals surface area contributed by atoms with Crippen molar-refractivity contribution in [2.24, 2.45) is 0 Å². The number of hydrogen-bond acceptors (Lipinski definition) is 3. The monoisotopic (exact) mass is 311 g/mol. The van der Waals surface area contributed by atoms with E-state index in [-0.39, 0.29) is 5.12 Å². The lowest BCUT2D eigenvalue weighted by atomic mass is 10.2. The standard InChI is InChI=1S/C12H10BrNO2S/c1-7(12(15)17)16-10-2-3-11-8(5-10)4-9(13)6-14-11/h2-7H,1H3,(H,15,17). The molecule has 1 atom stereocenters. The van der Waals surface area contributed by atoms with Crippen molar-refractivity contribution in [3.63, 3.8) is 0 Å². The zero-order valence-electron chi connectivity index (χ0n) is 9.05. The van der Waals surface area contributed by atoms with Gasteiger partial charge in [-0.2, -0.15) is 0 Å². The van der Waals surface area contributed by atoms with E-state index in [1.54, 1.807) is 19.2 Å². The van der Waals surface area contributed by atoms with Crippen LogP contribution >= 0.6 is 28.6 Å². The third kappa shape index (κ3) is 2.98. The topological polar surface area (TPSA) is 39.2 Å². The Hall–Kier alpha value is -1.07. The van der Waals surface area contributed by atoms with Gasteiger partial charge < -0.3 is 4.74 Å². The van der Waals surface area contributed by atoms with E-state index >= 15 is 0 Å². The summed E-state index contributed by atoms with van der Waals surface area (Å²) in [6.07, 6.45) is 1.18. The minimum atomic E-state index is -0.559. The fraction of sp³-hybridized carbons (Fsp3) is 0.167. The highest BCUT2D eigenvalue weighted by Crippen LogP contribution is 2.23. The SMILES string of the molecule is CC(Oc1ccc2ncc(Br)cc2c1)C(=O)S. The maximum atomic E-state index is 11.0. The number of hydrogen-bond donors (Lipinski definition) is 1. The Morgan fingerprint density at radius 1 is 1.47 bits per heavy atom. The number of nitrogens with zero attached hydrogens (tertiary/aromatic N) is 1. The molecule has 0 saturated carbocycles. The van der Waals surface area contributed by atoms with E-state index in [4.69, 9.17) is 4.74 Å². The van der Waals surface area contributed by atoms with Crippen molar-refractivity contribution < 1.29 is 9.53 Å². The molecular weight excluding hydrogens is 302 g/mol. The Balaban J connectivity index is 2.33. The van der Waals surface area contributed by atoms with Crippen LogP contribution in [-0.2, 0) is 4.79 Å². The van der Waals surface area contributed by atoms with E-state index in [0.29, 0.717) is 5.75 Å². The van der Waals surface area contributed by atoms with Crippen LogP contribution in [0.3, 0.4) is 0 Å². The van der Waals surface area contributed by atoms with E-state index < -0.39 is 6.10 Å². The molecule has 88 valence electrons. The fourth-order valence-electron chi connectivity index (χ4n) is 1.41. The van der Waals surface area contributed by atoms with Gasteiger partial charge in [-0.05, 0) is 47.1 Å². The third-order valence-electron chi connectivity index (χ3n) is 2.28. The highest BCUT2D eigenvalue weighted by molar-refractivity contribution is 9.10. The van der Waals surface area contributed by atoms with Gasteiger partial charge in [-0.15, -0.1) is 12.6 Å². The van der Waals surface area contributed by atoms with Crippen molar-refractivity contribution in [3.05, 3.63) is 34.9 Å². The second kappa shape index (κ2) is 5.06. The van der Waals surface area contributed by atoms with Crippen LogP contribution in [0.2, 0.25) is 0 Å². The van der Waals surface area contributed by atoms with Gasteiger partial charge in [-0.3, -0.25) is 9.78 Å². The molecule has 2 rings (SSSR count). The van der Waals surface area contributed by atoms with Crippen LogP contribution in [0.15, 0.2) is 34.9 Å². The van der Waals surface area contributed by atoms with Gasteiger partial charge in [-0.25, -0.2) is 0 Å². The minimum absolute atomic E-state index is 0.294. The smallest absolute Gasteiger partial charge is 0.226 e. The van der Waals surface area contributed by atoms with E-state index in [2.05, 4.69) is 33.5 Å². The molecule has 1 aromatic carbocycles. The molecule has 1 heterocycles. The predicted octanol–water partition coefficient (Wildman–Crippen LogP) is 3.22. The first-order chi connectivity index (χ1) is 8.06. The number of ether oxygens (including phenoxy) is 1. The van der Waals surface area contributed by atoms with Gasteiger partial charge in [0.2, 0.25) is 5.12 Å². The molecule has 0 spiro atoms. The van der Waals surface area contributed by atoms with Crippen LogP contribution in [0.1, 0.15) is 6.92 Å². The summed E-state index contributed by atoms with van der Waals surface area (Å²) in [4.78, 5) is 15.2. The number of benzene rings is 1. The Morgan fingerprint density at radius 2 is 2.24 bits per heavy atom. The lowest BCUT2D eigenvalue weighted by molar-refractivity contribution is -0.116. The Labute approximate surface area is 113 Å². The van der Waals surface area contributed by atoms with Crippen LogP contribution in [0.25, 0.3) is 10.9 Å². The van der Waals surface area contributed by atoms with Gasteiger partial charge in [0, 0.05) is 16.1 Å². The highest BCUT2D eigenvalue weighted by Gasteiger charge is 2.10. The molecule has 1 aromatic heterocycles. The number of halogens is 1. The van der Waals surface area contributed by atoms with Crippen molar-refractivity contribution in [2.45, 2.75) is 13.0 Å². The summed E-state index contributed by atoms with van der Waals surface area (Å²) in [5.41, 5.74) is 0.880. The quantitative estimate of drug-likeness (QED) is 0.885. The fourth-order valence-corrected chi connectivity index (χ4v) is 1.81. The molecule has 0 aliphatic heterocycles. The van der Waals surface area contributed by atoms with Crippen molar-refractivity contribution in [3.8, 4) is 5.75 Å². The summed E-state index contributed by atoms with van der Waals surface area (Å²) in [5, 5.41) is 0.660. The molecule has 0 amide bonds. The summed E-state index contributed by atoms with van der Waals surface area (Å²) < 4.78 is 6.36. The summed E-state index contributed by atoms with van der Waals surface area (Å²) >= 11 is 7.09. The Morgan fingerprint density at radius 3 is 2.94 bits per heavy atom. The van der Waals surface area contributed by atoms with Crippen LogP contribution in [-0.4, -0.2) is 16.2 Å². The van der Waals surface area contributed by atoms with Gasteiger partial charge in [0.05, 0.1) is 5.52 Å². The molecule has 2 aromatic rings. The van der Waals surface area contributed by atoms with E-state index in [0.717, 1.165) is 15.4 Å². The molecule has 0 N–H and O–H groups in total. The van der Waals surface area contributed by atoms with Gasteiger partial charge in [-0.1, -0.05) is 0 Å². The third-order valence-corrected chi connectivity index (χ3v) is 3.08. The maximum Gasteiger partial charge on any atom is 0.226 e. The number of carbonyl (C=O) groups is 1. The molecule has 0 fully saturated rings. The molecule has 17 heavy (non-hydrogen) atoms. The lowest BCUT2D eigenvalue weighted by Gasteiger charge is -2.11. The second-order valence-corrected chi connectivity index (χ2v) is 4.96. The first kappa shape index (κ1) is 12.4. The Bertz CT molecular complexity index is 573. The van der Waals surface area contributed by atoms with Crippen LogP contribution < -0.4 is 4.74 Å².